The molecule has 1 aromatic rings. The van der Waals surface area contributed by atoms with Crippen LogP contribution in [-0.4, -0.2) is 33.9 Å². The predicted molar refractivity (Wildman–Crippen MR) is 63.6 cm³/mol. The third-order valence-electron chi connectivity index (χ3n) is 3.47. The number of aromatic nitrogens is 2. The Morgan fingerprint density at radius 3 is 3.00 bits per heavy atom. The van der Waals surface area contributed by atoms with Gasteiger partial charge < -0.3 is 10.4 Å². The lowest BCUT2D eigenvalue weighted by Gasteiger charge is -2.27. The molecular weight excluding hydrogens is 218 g/mol. The first-order chi connectivity index (χ1) is 8.18. The van der Waals surface area contributed by atoms with E-state index in [1.807, 2.05) is 6.92 Å². The summed E-state index contributed by atoms with van der Waals surface area (Å²) in [7, 11) is 0. The van der Waals surface area contributed by atoms with Gasteiger partial charge in [-0.3, -0.25) is 9.89 Å². The summed E-state index contributed by atoms with van der Waals surface area (Å²) in [6.07, 6.45) is 5.34. The molecule has 5 heteroatoms. The second kappa shape index (κ2) is 5.31. The van der Waals surface area contributed by atoms with Gasteiger partial charge in [0.15, 0.2) is 0 Å². The van der Waals surface area contributed by atoms with E-state index in [4.69, 9.17) is 0 Å². The van der Waals surface area contributed by atoms with Crippen LogP contribution >= 0.6 is 0 Å². The van der Waals surface area contributed by atoms with E-state index in [1.54, 1.807) is 0 Å². The molecule has 0 radical (unpaired) electrons. The van der Waals surface area contributed by atoms with Crippen molar-refractivity contribution in [3.8, 4) is 0 Å². The number of nitrogens with one attached hydrogen (secondary N) is 2. The van der Waals surface area contributed by atoms with E-state index in [0.29, 0.717) is 12.1 Å². The average molecular weight is 237 g/mol. The molecule has 3 N–H and O–H groups in total. The first-order valence-electron chi connectivity index (χ1n) is 6.14. The van der Waals surface area contributed by atoms with E-state index >= 15 is 0 Å². The number of carbonyl (C=O) groups excluding carboxylic acids is 1. The van der Waals surface area contributed by atoms with E-state index in [1.165, 1.54) is 6.20 Å². The molecule has 17 heavy (non-hydrogen) atoms. The van der Waals surface area contributed by atoms with E-state index in [0.717, 1.165) is 31.4 Å². The van der Waals surface area contributed by atoms with E-state index in [9.17, 15) is 9.90 Å². The molecule has 1 amide bonds. The van der Waals surface area contributed by atoms with Crippen LogP contribution in [0.3, 0.4) is 0 Å². The fraction of sp³-hybridized carbons (Fsp3) is 0.667. The second-order valence-corrected chi connectivity index (χ2v) is 4.73. The maximum absolute atomic E-state index is 11.8. The van der Waals surface area contributed by atoms with Crippen LogP contribution in [0.1, 0.15) is 41.7 Å². The summed E-state index contributed by atoms with van der Waals surface area (Å²) in [4.78, 5) is 11.8. The Bertz CT molecular complexity index is 389. The summed E-state index contributed by atoms with van der Waals surface area (Å²) >= 11 is 0. The Balaban J connectivity index is 1.86. The van der Waals surface area contributed by atoms with Gasteiger partial charge in [-0.2, -0.15) is 5.10 Å². The average Bonchev–Trinajstić information content (AvgIpc) is 2.74. The summed E-state index contributed by atoms with van der Waals surface area (Å²) in [5.74, 6) is 0.0777. The number of rotatable bonds is 3. The van der Waals surface area contributed by atoms with Gasteiger partial charge >= 0.3 is 0 Å². The van der Waals surface area contributed by atoms with Crippen molar-refractivity contribution in [3.63, 3.8) is 0 Å². The number of aryl methyl sites for hydroxylation is 1. The number of aliphatic hydroxyl groups excluding tert-OH is 1. The standard InChI is InChI=1S/C12H19N3O2/c1-8-10(7-14-15-8)12(17)13-6-9-4-2-3-5-11(9)16/h7,9,11,16H,2-6H2,1H3,(H,13,17)(H,14,15). The van der Waals surface area contributed by atoms with Gasteiger partial charge in [-0.25, -0.2) is 0 Å². The largest absolute Gasteiger partial charge is 0.393 e. The van der Waals surface area contributed by atoms with Gasteiger partial charge in [-0.1, -0.05) is 12.8 Å². The molecule has 1 aromatic heterocycles. The van der Waals surface area contributed by atoms with Crippen molar-refractivity contribution in [1.29, 1.82) is 0 Å². The third kappa shape index (κ3) is 2.85. The van der Waals surface area contributed by atoms with Crippen molar-refractivity contribution in [3.05, 3.63) is 17.5 Å². The zero-order valence-electron chi connectivity index (χ0n) is 10.1. The predicted octanol–water partition coefficient (Wildman–Crippen LogP) is 0.999. The number of aromatic amines is 1. The number of carbonyl (C=O) groups is 1. The molecule has 5 nitrogen and oxygen atoms in total. The molecule has 1 fully saturated rings. The molecular formula is C12H19N3O2. The van der Waals surface area contributed by atoms with Crippen molar-refractivity contribution in [2.24, 2.45) is 5.92 Å². The minimum atomic E-state index is -0.269. The minimum Gasteiger partial charge on any atom is -0.393 e. The lowest BCUT2D eigenvalue weighted by molar-refractivity contribution is 0.0663. The van der Waals surface area contributed by atoms with Gasteiger partial charge in [0.1, 0.15) is 0 Å². The Morgan fingerprint density at radius 1 is 1.59 bits per heavy atom. The van der Waals surface area contributed by atoms with Crippen LogP contribution in [0.25, 0.3) is 0 Å². The van der Waals surface area contributed by atoms with E-state index in [-0.39, 0.29) is 17.9 Å². The number of H-pyrrole nitrogens is 1. The molecule has 1 saturated carbocycles. The molecule has 2 rings (SSSR count). The number of aliphatic hydroxyl groups is 1. The van der Waals surface area contributed by atoms with Crippen molar-refractivity contribution in [2.45, 2.75) is 38.7 Å². The van der Waals surface area contributed by atoms with Gasteiger partial charge in [-0.05, 0) is 19.8 Å². The lowest BCUT2D eigenvalue weighted by Crippen LogP contribution is -2.36. The van der Waals surface area contributed by atoms with Crippen LogP contribution in [0.2, 0.25) is 0 Å². The normalized spacial score (nSPS) is 24.6. The maximum atomic E-state index is 11.8. The number of amides is 1. The summed E-state index contributed by atoms with van der Waals surface area (Å²) in [5, 5.41) is 19.2. The minimum absolute atomic E-state index is 0.117. The van der Waals surface area contributed by atoms with Crippen LogP contribution < -0.4 is 5.32 Å². The molecule has 2 unspecified atom stereocenters. The van der Waals surface area contributed by atoms with Crippen LogP contribution in [0.5, 0.6) is 0 Å². The smallest absolute Gasteiger partial charge is 0.254 e. The Labute approximate surface area is 101 Å². The molecule has 94 valence electrons. The van der Waals surface area contributed by atoms with Gasteiger partial charge in [0.2, 0.25) is 0 Å². The topological polar surface area (TPSA) is 78.0 Å². The van der Waals surface area contributed by atoms with Crippen LogP contribution in [0, 0.1) is 12.8 Å². The highest BCUT2D eigenvalue weighted by atomic mass is 16.3. The van der Waals surface area contributed by atoms with Gasteiger partial charge in [-0.15, -0.1) is 0 Å². The zero-order valence-corrected chi connectivity index (χ0v) is 10.1. The fourth-order valence-corrected chi connectivity index (χ4v) is 2.32. The van der Waals surface area contributed by atoms with Crippen molar-refractivity contribution < 1.29 is 9.90 Å². The molecule has 1 aliphatic rings. The van der Waals surface area contributed by atoms with Crippen LogP contribution in [0.15, 0.2) is 6.20 Å². The zero-order chi connectivity index (χ0) is 12.3. The quantitative estimate of drug-likeness (QED) is 0.734. The number of hydrogen-bond donors (Lipinski definition) is 3. The molecule has 0 bridgehead atoms. The van der Waals surface area contributed by atoms with Gasteiger partial charge in [0.25, 0.3) is 5.91 Å². The molecule has 0 aromatic carbocycles. The monoisotopic (exact) mass is 237 g/mol. The Kier molecular flexibility index (Phi) is 3.78. The maximum Gasteiger partial charge on any atom is 0.254 e. The van der Waals surface area contributed by atoms with E-state index in [2.05, 4.69) is 15.5 Å². The summed E-state index contributed by atoms with van der Waals surface area (Å²) in [6, 6.07) is 0. The van der Waals surface area contributed by atoms with Crippen LogP contribution in [0.4, 0.5) is 0 Å². The van der Waals surface area contributed by atoms with Crippen LogP contribution in [-0.2, 0) is 0 Å². The van der Waals surface area contributed by atoms with Crippen molar-refractivity contribution >= 4 is 5.91 Å². The molecule has 0 saturated heterocycles. The molecule has 1 heterocycles. The van der Waals surface area contributed by atoms with E-state index < -0.39 is 0 Å². The Morgan fingerprint density at radius 2 is 2.35 bits per heavy atom. The fourth-order valence-electron chi connectivity index (χ4n) is 2.32. The highest BCUT2D eigenvalue weighted by Crippen LogP contribution is 2.23. The van der Waals surface area contributed by atoms with Crippen molar-refractivity contribution in [2.75, 3.05) is 6.54 Å². The first kappa shape index (κ1) is 12.1. The van der Waals surface area contributed by atoms with Gasteiger partial charge in [0, 0.05) is 18.2 Å². The highest BCUT2D eigenvalue weighted by molar-refractivity contribution is 5.94. The van der Waals surface area contributed by atoms with Crippen molar-refractivity contribution in [1.82, 2.24) is 15.5 Å². The number of hydrogen-bond acceptors (Lipinski definition) is 3. The molecule has 0 aliphatic heterocycles. The number of nitrogens with zero attached hydrogens (tertiary/aromatic N) is 1. The summed E-state index contributed by atoms with van der Waals surface area (Å²) in [6.45, 7) is 2.36. The third-order valence-corrected chi connectivity index (χ3v) is 3.47. The summed E-state index contributed by atoms with van der Waals surface area (Å²) < 4.78 is 0. The SMILES string of the molecule is Cc1[nH]ncc1C(=O)NCC1CCCCC1O. The van der Waals surface area contributed by atoms with Gasteiger partial charge in [0.05, 0.1) is 17.9 Å². The first-order valence-corrected chi connectivity index (χ1v) is 6.14. The molecule has 1 aliphatic carbocycles. The molecule has 2 atom stereocenters. The highest BCUT2D eigenvalue weighted by Gasteiger charge is 2.23. The molecule has 0 spiro atoms. The second-order valence-electron chi connectivity index (χ2n) is 4.73. The summed E-state index contributed by atoms with van der Waals surface area (Å²) in [5.41, 5.74) is 1.35. The lowest BCUT2D eigenvalue weighted by atomic mass is 9.86. The Hall–Kier alpha value is -1.36.